The number of nitrogens with zero attached hydrogens (tertiary/aromatic N) is 3. The van der Waals surface area contributed by atoms with Crippen molar-refractivity contribution < 1.29 is 4.79 Å². The molecule has 0 saturated heterocycles. The molecule has 1 amide bonds. The van der Waals surface area contributed by atoms with Crippen molar-refractivity contribution in [2.75, 3.05) is 14.1 Å². The van der Waals surface area contributed by atoms with Gasteiger partial charge in [-0.2, -0.15) is 5.26 Å². The van der Waals surface area contributed by atoms with Crippen molar-refractivity contribution in [2.24, 2.45) is 0 Å². The monoisotopic (exact) mass is 321 g/mol. The maximum absolute atomic E-state index is 12.1. The molecule has 4 heteroatoms. The normalized spacial score (nSPS) is 11.2. The van der Waals surface area contributed by atoms with Gasteiger partial charge in [-0.3, -0.25) is 4.79 Å². The minimum atomic E-state index is -0.283. The van der Waals surface area contributed by atoms with Gasteiger partial charge in [0.2, 0.25) is 0 Å². The Balaban J connectivity index is 2.49. The molecule has 0 N–H and O–H groups in total. The summed E-state index contributed by atoms with van der Waals surface area (Å²) in [5.74, 6) is -0.283. The third-order valence-corrected chi connectivity index (χ3v) is 4.13. The summed E-state index contributed by atoms with van der Waals surface area (Å²) in [5.41, 5.74) is 5.48. The number of nitriles is 1. The number of aromatic nitrogens is 1. The van der Waals surface area contributed by atoms with Gasteiger partial charge in [0, 0.05) is 31.2 Å². The first kappa shape index (κ1) is 17.6. The van der Waals surface area contributed by atoms with Gasteiger partial charge in [0.05, 0.1) is 0 Å². The second-order valence-corrected chi connectivity index (χ2v) is 6.05. The van der Waals surface area contributed by atoms with E-state index in [0.717, 1.165) is 29.1 Å². The van der Waals surface area contributed by atoms with E-state index in [4.69, 9.17) is 0 Å². The molecule has 0 bridgehead atoms. The molecule has 1 aromatic carbocycles. The summed E-state index contributed by atoms with van der Waals surface area (Å²) in [6.07, 6.45) is 2.68. The van der Waals surface area contributed by atoms with Gasteiger partial charge >= 0.3 is 0 Å². The van der Waals surface area contributed by atoms with Crippen molar-refractivity contribution >= 4 is 12.0 Å². The molecule has 2 aromatic rings. The molecule has 0 fully saturated rings. The van der Waals surface area contributed by atoms with E-state index in [1.165, 1.54) is 10.5 Å². The Morgan fingerprint density at radius 2 is 1.88 bits per heavy atom. The smallest absolute Gasteiger partial charge is 0.264 e. The van der Waals surface area contributed by atoms with E-state index in [-0.39, 0.29) is 11.5 Å². The summed E-state index contributed by atoms with van der Waals surface area (Å²) in [5, 5.41) is 9.28. The molecule has 0 aliphatic heterocycles. The molecule has 0 saturated carbocycles. The molecule has 2 rings (SSSR count). The quantitative estimate of drug-likeness (QED) is 0.637. The first-order chi connectivity index (χ1) is 11.4. The highest BCUT2D eigenvalue weighted by Gasteiger charge is 2.14. The number of hydrogen-bond acceptors (Lipinski definition) is 2. The summed E-state index contributed by atoms with van der Waals surface area (Å²) < 4.78 is 2.14. The van der Waals surface area contributed by atoms with E-state index in [0.29, 0.717) is 0 Å². The van der Waals surface area contributed by atoms with Gasteiger partial charge in [-0.15, -0.1) is 0 Å². The topological polar surface area (TPSA) is 49.0 Å². The average Bonchev–Trinajstić information content (AvgIpc) is 2.85. The zero-order valence-corrected chi connectivity index (χ0v) is 14.9. The fourth-order valence-corrected chi connectivity index (χ4v) is 2.75. The molecule has 0 atom stereocenters. The van der Waals surface area contributed by atoms with Crippen LogP contribution in [0.15, 0.2) is 35.9 Å². The first-order valence-corrected chi connectivity index (χ1v) is 8.00. The molecule has 0 unspecified atom stereocenters. The number of benzene rings is 1. The Bertz CT molecular complexity index is 818. The highest BCUT2D eigenvalue weighted by atomic mass is 16.2. The molecular weight excluding hydrogens is 298 g/mol. The molecule has 4 nitrogen and oxygen atoms in total. The number of carbonyl (C=O) groups is 1. The summed E-state index contributed by atoms with van der Waals surface area (Å²) in [6, 6.07) is 12.5. The lowest BCUT2D eigenvalue weighted by atomic mass is 10.1. The molecule has 1 aromatic heterocycles. The molecule has 1 heterocycles. The van der Waals surface area contributed by atoms with Crippen LogP contribution in [0.2, 0.25) is 0 Å². The van der Waals surface area contributed by atoms with Crippen LogP contribution in [0.1, 0.15) is 29.4 Å². The van der Waals surface area contributed by atoms with Gasteiger partial charge in [0.1, 0.15) is 11.6 Å². The number of carbonyl (C=O) groups excluding carboxylic acids is 1. The van der Waals surface area contributed by atoms with Gasteiger partial charge in [-0.25, -0.2) is 0 Å². The maximum Gasteiger partial charge on any atom is 0.264 e. The summed E-state index contributed by atoms with van der Waals surface area (Å²) >= 11 is 0. The van der Waals surface area contributed by atoms with Gasteiger partial charge in [0.15, 0.2) is 0 Å². The number of aryl methyl sites for hydroxylation is 2. The third kappa shape index (κ3) is 3.41. The number of likely N-dealkylation sites (N-methyl/N-ethyl adjacent to an activating group) is 1. The Morgan fingerprint density at radius 3 is 2.38 bits per heavy atom. The highest BCUT2D eigenvalue weighted by Crippen LogP contribution is 2.23. The lowest BCUT2D eigenvalue weighted by molar-refractivity contribution is -0.124. The van der Waals surface area contributed by atoms with E-state index < -0.39 is 0 Å². The van der Waals surface area contributed by atoms with E-state index in [1.807, 2.05) is 26.0 Å². The first-order valence-electron chi connectivity index (χ1n) is 8.00. The van der Waals surface area contributed by atoms with Crippen LogP contribution in [-0.2, 0) is 11.2 Å². The van der Waals surface area contributed by atoms with Crippen LogP contribution in [0.25, 0.3) is 11.8 Å². The van der Waals surface area contributed by atoms with Crippen LogP contribution in [0.5, 0.6) is 0 Å². The summed E-state index contributed by atoms with van der Waals surface area (Å²) in [4.78, 5) is 13.5. The molecule has 0 aliphatic rings. The second-order valence-electron chi connectivity index (χ2n) is 6.05. The minimum absolute atomic E-state index is 0.140. The van der Waals surface area contributed by atoms with E-state index >= 15 is 0 Å². The Morgan fingerprint density at radius 1 is 1.25 bits per heavy atom. The molecular formula is C20H23N3O. The van der Waals surface area contributed by atoms with Crippen molar-refractivity contribution in [1.82, 2.24) is 9.47 Å². The Labute approximate surface area is 143 Å². The standard InChI is InChI=1S/C20H23N3O/c1-6-16-7-9-19(10-8-16)23-14(2)11-17(15(23)3)12-18(13-21)20(24)22(4)5/h7-12H,6H2,1-5H3/b18-12-. The molecule has 0 spiro atoms. The van der Waals surface area contributed by atoms with Crippen molar-refractivity contribution in [3.05, 3.63) is 58.4 Å². The fraction of sp³-hybridized carbons (Fsp3) is 0.300. The van der Waals surface area contributed by atoms with Crippen molar-refractivity contribution in [3.63, 3.8) is 0 Å². The molecule has 0 aliphatic carbocycles. The predicted octanol–water partition coefficient (Wildman–Crippen LogP) is 3.65. The summed E-state index contributed by atoms with van der Waals surface area (Å²) in [6.45, 7) is 6.16. The third-order valence-electron chi connectivity index (χ3n) is 4.13. The van der Waals surface area contributed by atoms with Crippen molar-refractivity contribution in [3.8, 4) is 11.8 Å². The number of amides is 1. The second kappa shape index (κ2) is 7.18. The zero-order valence-electron chi connectivity index (χ0n) is 14.9. The largest absolute Gasteiger partial charge is 0.344 e. The average molecular weight is 321 g/mol. The molecule has 0 radical (unpaired) electrons. The maximum atomic E-state index is 12.1. The van der Waals surface area contributed by atoms with Gasteiger partial charge < -0.3 is 9.47 Å². The van der Waals surface area contributed by atoms with Gasteiger partial charge in [-0.1, -0.05) is 19.1 Å². The highest BCUT2D eigenvalue weighted by molar-refractivity contribution is 6.01. The van der Waals surface area contributed by atoms with Crippen LogP contribution in [0.3, 0.4) is 0 Å². The van der Waals surface area contributed by atoms with Crippen LogP contribution < -0.4 is 0 Å². The minimum Gasteiger partial charge on any atom is -0.344 e. The SMILES string of the molecule is CCc1ccc(-n2c(C)cc(/C=C(/C#N)C(=O)N(C)C)c2C)cc1. The van der Waals surface area contributed by atoms with Crippen molar-refractivity contribution in [1.29, 1.82) is 5.26 Å². The molecule has 124 valence electrons. The van der Waals surface area contributed by atoms with Crippen LogP contribution >= 0.6 is 0 Å². The Kier molecular flexibility index (Phi) is 5.25. The van der Waals surface area contributed by atoms with Gasteiger partial charge in [0.25, 0.3) is 5.91 Å². The lowest BCUT2D eigenvalue weighted by Crippen LogP contribution is -2.22. The summed E-state index contributed by atoms with van der Waals surface area (Å²) in [7, 11) is 3.29. The van der Waals surface area contributed by atoms with E-state index in [9.17, 15) is 10.1 Å². The molecule has 24 heavy (non-hydrogen) atoms. The van der Waals surface area contributed by atoms with Gasteiger partial charge in [-0.05, 0) is 55.7 Å². The van der Waals surface area contributed by atoms with E-state index in [1.54, 1.807) is 20.2 Å². The number of rotatable bonds is 4. The van der Waals surface area contributed by atoms with Crippen LogP contribution in [-0.4, -0.2) is 29.5 Å². The van der Waals surface area contributed by atoms with E-state index in [2.05, 4.69) is 35.8 Å². The predicted molar refractivity (Wildman–Crippen MR) is 96.9 cm³/mol. The van der Waals surface area contributed by atoms with Crippen LogP contribution in [0, 0.1) is 25.2 Å². The number of hydrogen-bond donors (Lipinski definition) is 0. The van der Waals surface area contributed by atoms with Crippen molar-refractivity contribution in [2.45, 2.75) is 27.2 Å². The fourth-order valence-electron chi connectivity index (χ4n) is 2.75. The zero-order chi connectivity index (χ0) is 17.9. The van der Waals surface area contributed by atoms with Crippen LogP contribution in [0.4, 0.5) is 0 Å². The lowest BCUT2D eigenvalue weighted by Gasteiger charge is -2.11. The Hall–Kier alpha value is -2.80.